The Morgan fingerprint density at radius 3 is 2.36 bits per heavy atom. The number of hydrogen-bond acceptors (Lipinski definition) is 4. The van der Waals surface area contributed by atoms with Gasteiger partial charge in [0.05, 0.1) is 5.56 Å². The van der Waals surface area contributed by atoms with E-state index in [1.165, 1.54) is 19.3 Å². The summed E-state index contributed by atoms with van der Waals surface area (Å²) in [6, 6.07) is 5.07. The summed E-state index contributed by atoms with van der Waals surface area (Å²) in [7, 11) is 5.01. The molecule has 0 fully saturated rings. The maximum Gasteiger partial charge on any atom is 0.253 e. The topological polar surface area (TPSA) is 74.3 Å². The van der Waals surface area contributed by atoms with E-state index in [1.54, 1.807) is 17.0 Å². The molecule has 0 unspecified atom stereocenters. The lowest BCUT2D eigenvalue weighted by Crippen LogP contribution is -2.39. The average Bonchev–Trinajstić information content (AvgIpc) is 2.61. The molecule has 0 aliphatic rings. The van der Waals surface area contributed by atoms with Gasteiger partial charge in [-0.3, -0.25) is 9.59 Å². The van der Waals surface area contributed by atoms with Crippen LogP contribution in [-0.2, 0) is 4.79 Å². The molecule has 132 valence electrons. The highest BCUT2D eigenvalue weighted by molar-refractivity contribution is 5.97. The van der Waals surface area contributed by atoms with Crippen molar-refractivity contribution in [3.05, 3.63) is 59.3 Å². The lowest BCUT2D eigenvalue weighted by molar-refractivity contribution is -0.122. The Balaban J connectivity index is 2.25. The Morgan fingerprint density at radius 2 is 1.84 bits per heavy atom. The quantitative estimate of drug-likeness (QED) is 0.862. The van der Waals surface area contributed by atoms with Gasteiger partial charge in [0.1, 0.15) is 11.9 Å². The number of hydrogen-bond donors (Lipinski definition) is 2. The molecular formula is C17H18F2N4O2. The van der Waals surface area contributed by atoms with E-state index in [1.807, 2.05) is 14.1 Å². The molecule has 1 heterocycles. The van der Waals surface area contributed by atoms with Crippen LogP contribution in [0.25, 0.3) is 0 Å². The van der Waals surface area contributed by atoms with Crippen LogP contribution in [0.5, 0.6) is 0 Å². The molecule has 8 heteroatoms. The molecule has 2 amide bonds. The molecule has 0 aliphatic carbocycles. The first-order chi connectivity index (χ1) is 11.8. The lowest BCUT2D eigenvalue weighted by atomic mass is 10.1. The number of carbonyl (C=O) groups excluding carboxylic acids is 2. The number of nitrogens with one attached hydrogen (secondary N) is 2. The number of anilines is 1. The van der Waals surface area contributed by atoms with Crippen molar-refractivity contribution in [1.29, 1.82) is 0 Å². The van der Waals surface area contributed by atoms with Gasteiger partial charge in [0.15, 0.2) is 11.6 Å². The van der Waals surface area contributed by atoms with E-state index in [0.717, 1.165) is 12.1 Å². The molecule has 2 aromatic rings. The van der Waals surface area contributed by atoms with Gasteiger partial charge in [0.2, 0.25) is 5.91 Å². The average molecular weight is 348 g/mol. The van der Waals surface area contributed by atoms with E-state index < -0.39 is 29.5 Å². The number of carbonyl (C=O) groups is 2. The molecule has 0 radical (unpaired) electrons. The van der Waals surface area contributed by atoms with Crippen molar-refractivity contribution >= 4 is 17.6 Å². The van der Waals surface area contributed by atoms with Crippen LogP contribution >= 0.6 is 0 Å². The number of rotatable bonds is 5. The third-order valence-corrected chi connectivity index (χ3v) is 3.53. The summed E-state index contributed by atoms with van der Waals surface area (Å²) in [5, 5.41) is 4.89. The number of halogens is 2. The standard InChI is InChI=1S/C17H18F2N4O2/c1-20-17(25)15(10-4-6-12(18)13(19)8-10)22-16(24)11-5-7-14(21-9-11)23(2)3/h4-9,15H,1-3H3,(H,20,25)(H,22,24)/t15-/m1/s1. The Hall–Kier alpha value is -3.03. The third kappa shape index (κ3) is 4.28. The number of likely N-dealkylation sites (N-methyl/N-ethyl adjacent to an activating group) is 1. The normalized spacial score (nSPS) is 11.6. The van der Waals surface area contributed by atoms with Crippen molar-refractivity contribution in [1.82, 2.24) is 15.6 Å². The molecule has 1 aromatic carbocycles. The van der Waals surface area contributed by atoms with Gasteiger partial charge < -0.3 is 15.5 Å². The Bertz CT molecular complexity index is 779. The van der Waals surface area contributed by atoms with Gasteiger partial charge in [0.25, 0.3) is 5.91 Å². The molecule has 0 aliphatic heterocycles. The molecule has 2 N–H and O–H groups in total. The summed E-state index contributed by atoms with van der Waals surface area (Å²) >= 11 is 0. The predicted octanol–water partition coefficient (Wildman–Crippen LogP) is 1.64. The van der Waals surface area contributed by atoms with Crippen molar-refractivity contribution in [2.75, 3.05) is 26.0 Å². The SMILES string of the molecule is CNC(=O)[C@H](NC(=O)c1ccc(N(C)C)nc1)c1ccc(F)c(F)c1. The highest BCUT2D eigenvalue weighted by atomic mass is 19.2. The maximum atomic E-state index is 13.5. The molecule has 0 bridgehead atoms. The van der Waals surface area contributed by atoms with Crippen LogP contribution in [0.4, 0.5) is 14.6 Å². The van der Waals surface area contributed by atoms with Crippen LogP contribution in [0.3, 0.4) is 0 Å². The minimum absolute atomic E-state index is 0.129. The molecule has 6 nitrogen and oxygen atoms in total. The van der Waals surface area contributed by atoms with Crippen molar-refractivity contribution < 1.29 is 18.4 Å². The van der Waals surface area contributed by atoms with Crippen molar-refractivity contribution in [2.45, 2.75) is 6.04 Å². The van der Waals surface area contributed by atoms with Gasteiger partial charge in [-0.25, -0.2) is 13.8 Å². The summed E-state index contributed by atoms with van der Waals surface area (Å²) in [5.74, 6) is -2.58. The van der Waals surface area contributed by atoms with Gasteiger partial charge in [-0.15, -0.1) is 0 Å². The highest BCUT2D eigenvalue weighted by Gasteiger charge is 2.23. The molecule has 1 aromatic heterocycles. The van der Waals surface area contributed by atoms with E-state index in [2.05, 4.69) is 15.6 Å². The molecule has 25 heavy (non-hydrogen) atoms. The summed E-state index contributed by atoms with van der Waals surface area (Å²) < 4.78 is 26.6. The number of nitrogens with zero attached hydrogens (tertiary/aromatic N) is 2. The number of pyridine rings is 1. The summed E-state index contributed by atoms with van der Waals surface area (Å²) in [6.07, 6.45) is 1.37. The first-order valence-corrected chi connectivity index (χ1v) is 7.44. The second-order valence-electron chi connectivity index (χ2n) is 5.49. The van der Waals surface area contributed by atoms with Gasteiger partial charge in [0, 0.05) is 27.3 Å². The van der Waals surface area contributed by atoms with Crippen molar-refractivity contribution in [3.8, 4) is 0 Å². The van der Waals surface area contributed by atoms with E-state index in [-0.39, 0.29) is 11.1 Å². The molecule has 0 spiro atoms. The molecule has 0 saturated heterocycles. The number of benzene rings is 1. The van der Waals surface area contributed by atoms with Crippen LogP contribution in [0.15, 0.2) is 36.5 Å². The highest BCUT2D eigenvalue weighted by Crippen LogP contribution is 2.18. The zero-order chi connectivity index (χ0) is 18.6. The fraction of sp³-hybridized carbons (Fsp3) is 0.235. The zero-order valence-corrected chi connectivity index (χ0v) is 14.0. The monoisotopic (exact) mass is 348 g/mol. The zero-order valence-electron chi connectivity index (χ0n) is 14.0. The van der Waals surface area contributed by atoms with Crippen LogP contribution in [0.2, 0.25) is 0 Å². The van der Waals surface area contributed by atoms with Gasteiger partial charge in [-0.2, -0.15) is 0 Å². The van der Waals surface area contributed by atoms with Gasteiger partial charge in [-0.1, -0.05) is 6.07 Å². The Labute approximate surface area is 143 Å². The lowest BCUT2D eigenvalue weighted by Gasteiger charge is -2.18. The van der Waals surface area contributed by atoms with Crippen LogP contribution in [0.1, 0.15) is 22.0 Å². The maximum absolute atomic E-state index is 13.5. The third-order valence-electron chi connectivity index (χ3n) is 3.53. The molecule has 2 rings (SSSR count). The van der Waals surface area contributed by atoms with Crippen molar-refractivity contribution in [3.63, 3.8) is 0 Å². The Kier molecular flexibility index (Phi) is 5.63. The van der Waals surface area contributed by atoms with Crippen LogP contribution < -0.4 is 15.5 Å². The van der Waals surface area contributed by atoms with E-state index in [4.69, 9.17) is 0 Å². The fourth-order valence-electron chi connectivity index (χ4n) is 2.14. The van der Waals surface area contributed by atoms with E-state index in [9.17, 15) is 18.4 Å². The first kappa shape index (κ1) is 18.3. The molecule has 1 atom stereocenters. The van der Waals surface area contributed by atoms with E-state index in [0.29, 0.717) is 5.82 Å². The summed E-state index contributed by atoms with van der Waals surface area (Å²) in [4.78, 5) is 30.3. The minimum atomic E-state index is -1.17. The van der Waals surface area contributed by atoms with Crippen molar-refractivity contribution in [2.24, 2.45) is 0 Å². The fourth-order valence-corrected chi connectivity index (χ4v) is 2.14. The predicted molar refractivity (Wildman–Crippen MR) is 89.2 cm³/mol. The Morgan fingerprint density at radius 1 is 1.12 bits per heavy atom. The van der Waals surface area contributed by atoms with Crippen LogP contribution in [-0.4, -0.2) is 37.9 Å². The second-order valence-corrected chi connectivity index (χ2v) is 5.49. The van der Waals surface area contributed by atoms with Crippen LogP contribution in [0, 0.1) is 11.6 Å². The summed E-state index contributed by atoms with van der Waals surface area (Å²) in [5.41, 5.74) is 0.367. The minimum Gasteiger partial charge on any atom is -0.363 e. The second kappa shape index (κ2) is 7.69. The largest absolute Gasteiger partial charge is 0.363 e. The smallest absolute Gasteiger partial charge is 0.253 e. The number of amides is 2. The van der Waals surface area contributed by atoms with E-state index >= 15 is 0 Å². The molecular weight excluding hydrogens is 330 g/mol. The summed E-state index contributed by atoms with van der Waals surface area (Å²) in [6.45, 7) is 0. The number of aromatic nitrogens is 1. The molecule has 0 saturated carbocycles. The first-order valence-electron chi connectivity index (χ1n) is 7.44. The van der Waals surface area contributed by atoms with Gasteiger partial charge in [-0.05, 0) is 29.8 Å². The van der Waals surface area contributed by atoms with Gasteiger partial charge >= 0.3 is 0 Å².